The molecule has 1 heterocycles. The van der Waals surface area contributed by atoms with Crippen LogP contribution in [0.1, 0.15) is 72.1 Å². The first kappa shape index (κ1) is 32.1. The first-order valence-electron chi connectivity index (χ1n) is 14.5. The number of aryl methyl sites for hydroxylation is 3. The molecule has 0 aliphatic carbocycles. The Balaban J connectivity index is 1.67. The van der Waals surface area contributed by atoms with Crippen LogP contribution in [0.25, 0.3) is 11.1 Å². The van der Waals surface area contributed by atoms with Crippen LogP contribution in [0.5, 0.6) is 5.75 Å². The van der Waals surface area contributed by atoms with Crippen molar-refractivity contribution in [2.75, 3.05) is 7.11 Å². The van der Waals surface area contributed by atoms with Gasteiger partial charge in [0.2, 0.25) is 5.76 Å². The summed E-state index contributed by atoms with van der Waals surface area (Å²) in [4.78, 5) is 14.7. The Morgan fingerprint density at radius 2 is 1.53 bits per heavy atom. The summed E-state index contributed by atoms with van der Waals surface area (Å²) in [7, 11) is 1.61. The van der Waals surface area contributed by atoms with E-state index in [1.807, 2.05) is 70.2 Å². The fourth-order valence-corrected chi connectivity index (χ4v) is 5.67. The Morgan fingerprint density at radius 3 is 2.14 bits per heavy atom. The van der Waals surface area contributed by atoms with E-state index in [9.17, 15) is 18.0 Å². The summed E-state index contributed by atoms with van der Waals surface area (Å²) < 4.78 is 50.8. The summed E-state index contributed by atoms with van der Waals surface area (Å²) in [5, 5.41) is 0. The van der Waals surface area contributed by atoms with Crippen molar-refractivity contribution < 1.29 is 27.1 Å². The van der Waals surface area contributed by atoms with E-state index in [0.29, 0.717) is 25.3 Å². The maximum absolute atomic E-state index is 13.3. The van der Waals surface area contributed by atoms with Crippen molar-refractivity contribution in [2.24, 2.45) is 0 Å². The van der Waals surface area contributed by atoms with Crippen LogP contribution in [-0.4, -0.2) is 17.8 Å². The number of rotatable bonds is 11. The van der Waals surface area contributed by atoms with Crippen LogP contribution in [0.4, 0.5) is 13.2 Å². The predicted molar refractivity (Wildman–Crippen MR) is 164 cm³/mol. The topological polar surface area (TPSA) is 42.7 Å². The van der Waals surface area contributed by atoms with Gasteiger partial charge >= 0.3 is 6.18 Å². The molecule has 228 valence electrons. The van der Waals surface area contributed by atoms with Crippen molar-refractivity contribution in [1.29, 1.82) is 0 Å². The zero-order chi connectivity index (χ0) is 31.5. The molecule has 0 N–H and O–H groups in total. The Hall–Kier alpha value is -3.84. The average molecular weight is 592 g/mol. The van der Waals surface area contributed by atoms with E-state index in [1.54, 1.807) is 7.11 Å². The summed E-state index contributed by atoms with van der Waals surface area (Å²) in [5.74, 6) is 0.0877. The number of hydrogen-bond donors (Lipinski definition) is 0. The molecule has 3 aromatic carbocycles. The van der Waals surface area contributed by atoms with Crippen LogP contribution in [0, 0.1) is 20.8 Å². The molecule has 7 heteroatoms. The minimum absolute atomic E-state index is 0.177. The van der Waals surface area contributed by atoms with Crippen molar-refractivity contribution in [2.45, 2.75) is 79.2 Å². The molecule has 0 spiro atoms. The second kappa shape index (κ2) is 12.8. The highest BCUT2D eigenvalue weighted by atomic mass is 19.4. The van der Waals surface area contributed by atoms with Crippen LogP contribution in [0.15, 0.2) is 71.1 Å². The summed E-state index contributed by atoms with van der Waals surface area (Å²) in [6.45, 7) is 13.1. The number of ether oxygens (including phenoxy) is 1. The second-order valence-electron chi connectivity index (χ2n) is 11.8. The molecule has 0 atom stereocenters. The Bertz CT molecular complexity index is 1580. The lowest BCUT2D eigenvalue weighted by atomic mass is 9.79. The van der Waals surface area contributed by atoms with Gasteiger partial charge in [0.05, 0.1) is 13.7 Å². The summed E-state index contributed by atoms with van der Waals surface area (Å²) in [5.41, 5.74) is 7.71. The van der Waals surface area contributed by atoms with Crippen molar-refractivity contribution in [3.63, 3.8) is 0 Å². The lowest BCUT2D eigenvalue weighted by Crippen LogP contribution is -2.28. The third-order valence-electron chi connectivity index (χ3n) is 8.16. The third kappa shape index (κ3) is 7.39. The van der Waals surface area contributed by atoms with Gasteiger partial charge in [-0.25, -0.2) is 0 Å². The van der Waals surface area contributed by atoms with Gasteiger partial charge in [0.25, 0.3) is 0 Å². The number of carbonyl (C=O) groups is 1. The van der Waals surface area contributed by atoms with E-state index in [-0.39, 0.29) is 18.1 Å². The highest BCUT2D eigenvalue weighted by molar-refractivity contribution is 5.89. The number of ketones is 1. The van der Waals surface area contributed by atoms with Crippen molar-refractivity contribution >= 4 is 5.78 Å². The summed E-state index contributed by atoms with van der Waals surface area (Å²) in [6.07, 6.45) is -4.07. The van der Waals surface area contributed by atoms with E-state index >= 15 is 0 Å². The van der Waals surface area contributed by atoms with Crippen LogP contribution in [0.2, 0.25) is 0 Å². The Morgan fingerprint density at radius 1 is 0.860 bits per heavy atom. The number of nitrogens with zero attached hydrogens (tertiary/aromatic N) is 1. The first-order valence-corrected chi connectivity index (χ1v) is 14.5. The number of alkyl halides is 3. The van der Waals surface area contributed by atoms with Crippen LogP contribution in [0.3, 0.4) is 0 Å². The molecule has 1 aromatic heterocycles. The first-order chi connectivity index (χ1) is 20.2. The molecule has 4 nitrogen and oxygen atoms in total. The Kier molecular flexibility index (Phi) is 9.55. The molecule has 0 aliphatic rings. The standard InChI is InChI=1S/C36H40F3NO3/c1-8-33(41)35(5,6)29-11-9-10-26(18-29)27-12-13-28(32(19-27)42-7)20-40(21-30-14-15-34(43-30)36(37,38)39)22-31-24(3)16-23(2)17-25(31)4/h9-19H,8,20-22H2,1-7H3. The quantitative estimate of drug-likeness (QED) is 0.174. The molecule has 0 fully saturated rings. The fraction of sp³-hybridized carbons (Fsp3) is 0.361. The Labute approximate surface area is 252 Å². The van der Waals surface area contributed by atoms with Crippen LogP contribution >= 0.6 is 0 Å². The van der Waals surface area contributed by atoms with Gasteiger partial charge in [0.15, 0.2) is 0 Å². The number of carbonyl (C=O) groups excluding carboxylic acids is 1. The van der Waals surface area contributed by atoms with E-state index in [0.717, 1.165) is 50.6 Å². The predicted octanol–water partition coefficient (Wildman–Crippen LogP) is 9.36. The molecule has 0 bridgehead atoms. The van der Waals surface area contributed by atoms with Crippen molar-refractivity contribution in [3.05, 3.63) is 112 Å². The average Bonchev–Trinajstić information content (AvgIpc) is 3.44. The molecule has 4 rings (SSSR count). The molecular formula is C36H40F3NO3. The number of halogens is 3. The maximum atomic E-state index is 13.3. The minimum atomic E-state index is -4.54. The second-order valence-corrected chi connectivity index (χ2v) is 11.8. The van der Waals surface area contributed by atoms with Gasteiger partial charge in [0.1, 0.15) is 17.3 Å². The minimum Gasteiger partial charge on any atom is -0.496 e. The van der Waals surface area contributed by atoms with E-state index < -0.39 is 17.4 Å². The SMILES string of the molecule is CCC(=O)C(C)(C)c1cccc(-c2ccc(CN(Cc3ccc(C(F)(F)F)o3)Cc3c(C)cc(C)cc3C)c(OC)c2)c1. The molecule has 0 radical (unpaired) electrons. The zero-order valence-corrected chi connectivity index (χ0v) is 26.0. The number of furan rings is 1. The molecule has 0 aliphatic heterocycles. The number of benzene rings is 3. The van der Waals surface area contributed by atoms with Crippen molar-refractivity contribution in [1.82, 2.24) is 4.90 Å². The molecular weight excluding hydrogens is 551 g/mol. The summed E-state index contributed by atoms with van der Waals surface area (Å²) in [6, 6.07) is 20.6. The molecule has 0 saturated heterocycles. The molecule has 0 saturated carbocycles. The van der Waals surface area contributed by atoms with Gasteiger partial charge in [-0.3, -0.25) is 9.69 Å². The normalized spacial score (nSPS) is 12.2. The molecule has 0 unspecified atom stereocenters. The molecule has 0 amide bonds. The van der Waals surface area contributed by atoms with Gasteiger partial charge in [-0.1, -0.05) is 61.0 Å². The van der Waals surface area contributed by atoms with Gasteiger partial charge < -0.3 is 9.15 Å². The third-order valence-corrected chi connectivity index (χ3v) is 8.16. The lowest BCUT2D eigenvalue weighted by Gasteiger charge is -2.25. The highest BCUT2D eigenvalue weighted by Crippen LogP contribution is 2.34. The maximum Gasteiger partial charge on any atom is 0.449 e. The van der Waals surface area contributed by atoms with Gasteiger partial charge in [-0.15, -0.1) is 0 Å². The summed E-state index contributed by atoms with van der Waals surface area (Å²) >= 11 is 0. The number of Topliss-reactive ketones (excluding diaryl/α,β-unsaturated/α-hetero) is 1. The van der Waals surface area contributed by atoms with Gasteiger partial charge in [-0.05, 0) is 86.2 Å². The molecule has 4 aromatic rings. The van der Waals surface area contributed by atoms with Gasteiger partial charge in [0, 0.05) is 30.5 Å². The number of methoxy groups -OCH3 is 1. The zero-order valence-electron chi connectivity index (χ0n) is 26.0. The highest BCUT2D eigenvalue weighted by Gasteiger charge is 2.35. The molecule has 43 heavy (non-hydrogen) atoms. The lowest BCUT2D eigenvalue weighted by molar-refractivity contribution is -0.153. The number of hydrogen-bond acceptors (Lipinski definition) is 4. The van der Waals surface area contributed by atoms with Crippen LogP contribution in [-0.2, 0) is 36.0 Å². The smallest absolute Gasteiger partial charge is 0.449 e. The van der Waals surface area contributed by atoms with Crippen LogP contribution < -0.4 is 4.74 Å². The monoisotopic (exact) mass is 591 g/mol. The van der Waals surface area contributed by atoms with E-state index in [1.165, 1.54) is 6.07 Å². The van der Waals surface area contributed by atoms with E-state index in [2.05, 4.69) is 30.9 Å². The van der Waals surface area contributed by atoms with E-state index in [4.69, 9.17) is 9.15 Å². The largest absolute Gasteiger partial charge is 0.496 e. The van der Waals surface area contributed by atoms with Gasteiger partial charge in [-0.2, -0.15) is 13.2 Å². The fourth-order valence-electron chi connectivity index (χ4n) is 5.67. The van der Waals surface area contributed by atoms with Crippen molar-refractivity contribution in [3.8, 4) is 16.9 Å².